The Bertz CT molecular complexity index is 1190. The summed E-state index contributed by atoms with van der Waals surface area (Å²) >= 11 is 0. The summed E-state index contributed by atoms with van der Waals surface area (Å²) in [5.41, 5.74) is -0.845. The van der Waals surface area contributed by atoms with Crippen LogP contribution < -0.4 is 0 Å². The number of allylic oxidation sites excluding steroid dienone is 1. The van der Waals surface area contributed by atoms with E-state index in [2.05, 4.69) is 13.8 Å². The van der Waals surface area contributed by atoms with Gasteiger partial charge in [0, 0.05) is 18.7 Å². The van der Waals surface area contributed by atoms with Gasteiger partial charge in [-0.2, -0.15) is 0 Å². The smallest absolute Gasteiger partial charge is 0.355 e. The fourth-order valence-corrected chi connectivity index (χ4v) is 7.97. The maximum Gasteiger partial charge on any atom is 0.355 e. The maximum atomic E-state index is 14.4. The summed E-state index contributed by atoms with van der Waals surface area (Å²) in [5.74, 6) is -1.22. The Balaban J connectivity index is 1.65. The van der Waals surface area contributed by atoms with Crippen molar-refractivity contribution in [3.63, 3.8) is 0 Å². The van der Waals surface area contributed by atoms with Crippen LogP contribution in [0, 0.1) is 48.3 Å². The van der Waals surface area contributed by atoms with Gasteiger partial charge in [0.25, 0.3) is 0 Å². The summed E-state index contributed by atoms with van der Waals surface area (Å²) in [5, 5.41) is 34.3. The zero-order valence-electron chi connectivity index (χ0n) is 21.6. The summed E-state index contributed by atoms with van der Waals surface area (Å²) in [6, 6.07) is 1.88. The number of aliphatic hydroxyl groups is 3. The van der Waals surface area contributed by atoms with Crippen LogP contribution in [0.5, 0.6) is 0 Å². The number of ketones is 1. The first kappa shape index (κ1) is 24.5. The molecule has 2 bridgehead atoms. The van der Waals surface area contributed by atoms with Crippen molar-refractivity contribution in [1.29, 1.82) is 0 Å². The van der Waals surface area contributed by atoms with E-state index in [0.717, 1.165) is 17.7 Å². The molecule has 35 heavy (non-hydrogen) atoms. The number of ether oxygens (including phenoxy) is 1. The van der Waals surface area contributed by atoms with Gasteiger partial charge in [0.15, 0.2) is 17.5 Å². The van der Waals surface area contributed by atoms with E-state index in [9.17, 15) is 24.9 Å². The molecule has 0 aliphatic heterocycles. The molecule has 4 aliphatic carbocycles. The minimum absolute atomic E-state index is 0.0359. The van der Waals surface area contributed by atoms with Gasteiger partial charge in [0.2, 0.25) is 0 Å². The second-order valence-corrected chi connectivity index (χ2v) is 12.0. The van der Waals surface area contributed by atoms with E-state index in [1.54, 1.807) is 30.7 Å². The number of carbonyl (C=O) groups is 2. The van der Waals surface area contributed by atoms with Crippen LogP contribution in [0.1, 0.15) is 55.9 Å². The molecule has 8 atom stereocenters. The molecule has 0 radical (unpaired) electrons. The highest BCUT2D eigenvalue weighted by Gasteiger charge is 2.76. The SMILES string of the molecule is CC1=C[C@]23C(=O)[C@@H](C=C(CO)[C@@H](O)[C@]2(O)[C@H]1OC(=O)c1c(C)cc(C)n1C)[C@H]1[C@@H](C[C@H]3C)C1(C)C. The van der Waals surface area contributed by atoms with Gasteiger partial charge in [-0.1, -0.05) is 32.9 Å². The topological polar surface area (TPSA) is 109 Å². The highest BCUT2D eigenvalue weighted by atomic mass is 16.6. The Kier molecular flexibility index (Phi) is 5.18. The Labute approximate surface area is 206 Å². The van der Waals surface area contributed by atoms with Crippen LogP contribution in [-0.2, 0) is 16.6 Å². The number of rotatable bonds is 3. The summed E-state index contributed by atoms with van der Waals surface area (Å²) in [7, 11) is 1.77. The zero-order valence-corrected chi connectivity index (χ0v) is 21.6. The molecule has 1 aromatic rings. The van der Waals surface area contributed by atoms with Gasteiger partial charge in [0.1, 0.15) is 11.8 Å². The van der Waals surface area contributed by atoms with Crippen LogP contribution in [0.25, 0.3) is 0 Å². The molecule has 7 nitrogen and oxygen atoms in total. The van der Waals surface area contributed by atoms with E-state index in [1.165, 1.54) is 0 Å². The average molecular weight is 484 g/mol. The molecular weight excluding hydrogens is 446 g/mol. The Morgan fingerprint density at radius 2 is 1.91 bits per heavy atom. The minimum Gasteiger partial charge on any atom is -0.450 e. The lowest BCUT2D eigenvalue weighted by molar-refractivity contribution is -0.190. The molecule has 0 saturated heterocycles. The Morgan fingerprint density at radius 1 is 1.26 bits per heavy atom. The highest BCUT2D eigenvalue weighted by molar-refractivity contribution is 5.96. The normalized spacial score (nSPS) is 41.3. The average Bonchev–Trinajstić information content (AvgIpc) is 3.14. The number of aryl methyl sites for hydroxylation is 2. The Morgan fingerprint density at radius 3 is 2.49 bits per heavy atom. The molecule has 2 saturated carbocycles. The number of fused-ring (bicyclic) bond motifs is 3. The van der Waals surface area contributed by atoms with E-state index in [0.29, 0.717) is 17.2 Å². The lowest BCUT2D eigenvalue weighted by atomic mass is 9.59. The first-order chi connectivity index (χ1) is 16.2. The first-order valence-corrected chi connectivity index (χ1v) is 12.5. The van der Waals surface area contributed by atoms with Crippen LogP contribution >= 0.6 is 0 Å². The van der Waals surface area contributed by atoms with Crippen LogP contribution in [-0.4, -0.2) is 56.1 Å². The largest absolute Gasteiger partial charge is 0.450 e. The predicted octanol–water partition coefficient (Wildman–Crippen LogP) is 2.64. The van der Waals surface area contributed by atoms with E-state index in [4.69, 9.17) is 4.74 Å². The molecule has 0 unspecified atom stereocenters. The minimum atomic E-state index is -2.12. The molecule has 1 aromatic heterocycles. The molecule has 4 aliphatic rings. The van der Waals surface area contributed by atoms with Gasteiger partial charge in [-0.25, -0.2) is 4.79 Å². The van der Waals surface area contributed by atoms with Crippen molar-refractivity contribution in [2.75, 3.05) is 6.61 Å². The quantitative estimate of drug-likeness (QED) is 0.451. The van der Waals surface area contributed by atoms with Crippen molar-refractivity contribution in [2.45, 2.75) is 65.8 Å². The van der Waals surface area contributed by atoms with Crippen molar-refractivity contribution in [3.05, 3.63) is 46.3 Å². The number of aromatic nitrogens is 1. The standard InChI is InChI=1S/C28H37NO6/c1-13-8-16(4)29(7)21(13)25(33)35-24-14(2)11-27-15(3)9-19-20(26(19,5)6)18(23(27)32)10-17(12-30)22(31)28(24,27)34/h8,10-11,15,18-20,22,24,30-31,34H,9,12H2,1-7H3/t15-,18+,19-,20+,22-,24+,27+,28+/m1/s1. The number of hydrogen-bond acceptors (Lipinski definition) is 6. The third kappa shape index (κ3) is 2.83. The fourth-order valence-electron chi connectivity index (χ4n) is 7.97. The number of nitrogens with zero attached hydrogens (tertiary/aromatic N) is 1. The second-order valence-electron chi connectivity index (χ2n) is 12.0. The molecule has 7 heteroatoms. The van der Waals surface area contributed by atoms with Gasteiger partial charge >= 0.3 is 5.97 Å². The van der Waals surface area contributed by atoms with Crippen molar-refractivity contribution in [3.8, 4) is 0 Å². The first-order valence-electron chi connectivity index (χ1n) is 12.5. The zero-order chi connectivity index (χ0) is 25.8. The molecule has 0 aromatic carbocycles. The number of esters is 1. The third-order valence-corrected chi connectivity index (χ3v) is 9.98. The van der Waals surface area contributed by atoms with Crippen molar-refractivity contribution in [1.82, 2.24) is 4.57 Å². The van der Waals surface area contributed by atoms with Gasteiger partial charge < -0.3 is 24.6 Å². The van der Waals surface area contributed by atoms with Gasteiger partial charge in [-0.3, -0.25) is 4.79 Å². The Hall–Kier alpha value is -2.22. The molecule has 190 valence electrons. The van der Waals surface area contributed by atoms with Gasteiger partial charge in [0.05, 0.1) is 12.0 Å². The van der Waals surface area contributed by atoms with E-state index >= 15 is 0 Å². The molecule has 2 fully saturated rings. The van der Waals surface area contributed by atoms with E-state index in [-0.39, 0.29) is 28.6 Å². The second kappa shape index (κ2) is 7.40. The molecule has 1 heterocycles. The predicted molar refractivity (Wildman–Crippen MR) is 129 cm³/mol. The summed E-state index contributed by atoms with van der Waals surface area (Å²) < 4.78 is 7.71. The van der Waals surface area contributed by atoms with E-state index in [1.807, 2.05) is 26.8 Å². The van der Waals surface area contributed by atoms with Crippen LogP contribution in [0.15, 0.2) is 29.4 Å². The summed E-state index contributed by atoms with van der Waals surface area (Å²) in [6.45, 7) is 11.2. The molecule has 3 N–H and O–H groups in total. The number of hydrogen-bond donors (Lipinski definition) is 3. The molecular formula is C28H37NO6. The lowest BCUT2D eigenvalue weighted by Crippen LogP contribution is -2.65. The van der Waals surface area contributed by atoms with Crippen LogP contribution in [0.4, 0.5) is 0 Å². The highest BCUT2D eigenvalue weighted by Crippen LogP contribution is 2.71. The number of aliphatic hydroxyl groups excluding tert-OH is 2. The van der Waals surface area contributed by atoms with Crippen LogP contribution in [0.2, 0.25) is 0 Å². The van der Waals surface area contributed by atoms with E-state index < -0.39 is 41.7 Å². The maximum absolute atomic E-state index is 14.4. The molecule has 0 amide bonds. The molecule has 5 rings (SSSR count). The van der Waals surface area contributed by atoms with Crippen molar-refractivity contribution < 1.29 is 29.6 Å². The van der Waals surface area contributed by atoms with Gasteiger partial charge in [-0.05, 0) is 73.1 Å². The van der Waals surface area contributed by atoms with Crippen molar-refractivity contribution in [2.24, 2.45) is 41.5 Å². The summed E-state index contributed by atoms with van der Waals surface area (Å²) in [6.07, 6.45) is 1.36. The van der Waals surface area contributed by atoms with Crippen LogP contribution in [0.3, 0.4) is 0 Å². The van der Waals surface area contributed by atoms with Gasteiger partial charge in [-0.15, -0.1) is 0 Å². The lowest BCUT2D eigenvalue weighted by Gasteiger charge is -2.48. The number of Topliss-reactive ketones (excluding diaryl/α,β-unsaturated/α-hetero) is 1. The monoisotopic (exact) mass is 483 g/mol. The summed E-state index contributed by atoms with van der Waals surface area (Å²) in [4.78, 5) is 27.8. The number of carbonyl (C=O) groups excluding carboxylic acids is 2. The molecule has 1 spiro atoms. The third-order valence-electron chi connectivity index (χ3n) is 9.98. The fraction of sp³-hybridized carbons (Fsp3) is 0.643. The van der Waals surface area contributed by atoms with Crippen molar-refractivity contribution >= 4 is 11.8 Å².